The van der Waals surface area contributed by atoms with Crippen molar-refractivity contribution in [3.05, 3.63) is 59.4 Å². The fourth-order valence-corrected chi connectivity index (χ4v) is 5.83. The Morgan fingerprint density at radius 2 is 1.97 bits per heavy atom. The Labute approximate surface area is 213 Å². The Morgan fingerprint density at radius 1 is 1.11 bits per heavy atom. The molecular formula is C28H33N7O. The maximum absolute atomic E-state index is 9.54. The number of piperazine rings is 1. The van der Waals surface area contributed by atoms with E-state index in [0.717, 1.165) is 69.2 Å². The summed E-state index contributed by atoms with van der Waals surface area (Å²) in [5.74, 6) is 1.08. The van der Waals surface area contributed by atoms with E-state index in [-0.39, 0.29) is 18.4 Å². The van der Waals surface area contributed by atoms with Gasteiger partial charge in [0.05, 0.1) is 30.4 Å². The monoisotopic (exact) mass is 484 g/mol. The van der Waals surface area contributed by atoms with Crippen LogP contribution in [0.2, 0.25) is 0 Å². The summed E-state index contributed by atoms with van der Waals surface area (Å²) >= 11 is 0. The van der Waals surface area contributed by atoms with Gasteiger partial charge in [-0.05, 0) is 49.7 Å². The Balaban J connectivity index is 1.12. The average molecular weight is 485 g/mol. The van der Waals surface area contributed by atoms with E-state index >= 15 is 0 Å². The van der Waals surface area contributed by atoms with Gasteiger partial charge in [0, 0.05) is 75.6 Å². The minimum atomic E-state index is 0.0927. The lowest BCUT2D eigenvalue weighted by Gasteiger charge is -2.42. The number of anilines is 2. The zero-order chi connectivity index (χ0) is 25.5. The Bertz CT molecular complexity index is 1350. The van der Waals surface area contributed by atoms with Gasteiger partial charge in [-0.2, -0.15) is 5.26 Å². The van der Waals surface area contributed by atoms with Gasteiger partial charge < -0.3 is 19.9 Å². The van der Waals surface area contributed by atoms with Gasteiger partial charge in [0.25, 0.3) is 0 Å². The number of hydrogen-bond acceptors (Lipinski definition) is 8. The van der Waals surface area contributed by atoms with Gasteiger partial charge in [-0.1, -0.05) is 6.07 Å². The number of aromatic nitrogens is 2. The fourth-order valence-electron chi connectivity index (χ4n) is 5.83. The minimum Gasteiger partial charge on any atom is -0.370 e. The normalized spacial score (nSPS) is 25.0. The predicted molar refractivity (Wildman–Crippen MR) is 141 cm³/mol. The molecule has 186 valence electrons. The number of pyridine rings is 2. The molecule has 3 aliphatic heterocycles. The third kappa shape index (κ3) is 4.39. The second-order valence-corrected chi connectivity index (χ2v) is 10.1. The molecule has 0 unspecified atom stereocenters. The number of nitrogens with one attached hydrogen (secondary N) is 1. The Kier molecular flexibility index (Phi) is 5.90. The molecule has 2 saturated heterocycles. The number of nitrogens with zero attached hydrogens (tertiary/aromatic N) is 6. The van der Waals surface area contributed by atoms with Crippen molar-refractivity contribution >= 4 is 22.4 Å². The van der Waals surface area contributed by atoms with Gasteiger partial charge in [0.2, 0.25) is 0 Å². The number of rotatable bonds is 4. The van der Waals surface area contributed by atoms with Crippen molar-refractivity contribution in [2.75, 3.05) is 55.6 Å². The van der Waals surface area contributed by atoms with Gasteiger partial charge in [-0.3, -0.25) is 9.88 Å². The molecule has 0 spiro atoms. The molecule has 8 heteroatoms. The van der Waals surface area contributed by atoms with Crippen molar-refractivity contribution in [1.82, 2.24) is 20.2 Å². The molecule has 0 amide bonds. The van der Waals surface area contributed by atoms with Crippen molar-refractivity contribution in [1.29, 1.82) is 5.26 Å². The topological polar surface area (TPSA) is 80.5 Å². The average Bonchev–Trinajstić information content (AvgIpc) is 3.28. The standard InChI is InChI=1S/C28H33N7O/c1-19-16-35(26-7-5-21(14-29)28-24(26)4-3-9-30-28)18-22(36-19)17-33-10-12-34(13-11-33)27-8-6-23-20(2)31-15-25(23)32-27/h3-9,19-20,22,31H,10-13,15-18H2,1-2H3/t19-,20-,22+/m1/s1/i9D. The van der Waals surface area contributed by atoms with Gasteiger partial charge in [-0.25, -0.2) is 4.98 Å². The van der Waals surface area contributed by atoms with E-state index in [1.807, 2.05) is 18.2 Å². The summed E-state index contributed by atoms with van der Waals surface area (Å²) in [7, 11) is 0. The number of nitriles is 1. The molecule has 2 aromatic heterocycles. The molecule has 3 aromatic rings. The second-order valence-electron chi connectivity index (χ2n) is 10.1. The molecule has 36 heavy (non-hydrogen) atoms. The van der Waals surface area contributed by atoms with Gasteiger partial charge in [0.1, 0.15) is 11.9 Å². The molecule has 0 aliphatic carbocycles. The zero-order valence-electron chi connectivity index (χ0n) is 21.9. The van der Waals surface area contributed by atoms with Crippen LogP contribution in [0.25, 0.3) is 10.9 Å². The highest BCUT2D eigenvalue weighted by atomic mass is 16.5. The molecule has 0 bridgehead atoms. The van der Waals surface area contributed by atoms with Crippen LogP contribution in [-0.4, -0.2) is 72.9 Å². The first-order chi connectivity index (χ1) is 18.0. The van der Waals surface area contributed by atoms with E-state index in [0.29, 0.717) is 17.1 Å². The van der Waals surface area contributed by atoms with Crippen LogP contribution < -0.4 is 15.1 Å². The zero-order valence-corrected chi connectivity index (χ0v) is 20.9. The predicted octanol–water partition coefficient (Wildman–Crippen LogP) is 3.08. The van der Waals surface area contributed by atoms with Crippen molar-refractivity contribution in [2.45, 2.75) is 38.6 Å². The first-order valence-corrected chi connectivity index (χ1v) is 12.9. The molecule has 0 saturated carbocycles. The van der Waals surface area contributed by atoms with Gasteiger partial charge >= 0.3 is 0 Å². The van der Waals surface area contributed by atoms with Crippen LogP contribution in [0.1, 0.15) is 38.1 Å². The maximum atomic E-state index is 9.54. The fraction of sp³-hybridized carbons (Fsp3) is 0.464. The smallest absolute Gasteiger partial charge is 0.128 e. The number of benzene rings is 1. The molecule has 6 rings (SSSR count). The summed E-state index contributed by atoms with van der Waals surface area (Å²) < 4.78 is 14.3. The summed E-state index contributed by atoms with van der Waals surface area (Å²) in [5, 5.41) is 13.9. The lowest BCUT2D eigenvalue weighted by Crippen LogP contribution is -2.54. The molecule has 8 nitrogen and oxygen atoms in total. The number of hydrogen-bond donors (Lipinski definition) is 1. The molecule has 3 aliphatic rings. The Morgan fingerprint density at radius 3 is 2.81 bits per heavy atom. The van der Waals surface area contributed by atoms with Crippen molar-refractivity contribution in [3.8, 4) is 6.07 Å². The highest BCUT2D eigenvalue weighted by Crippen LogP contribution is 2.31. The lowest BCUT2D eigenvalue weighted by atomic mass is 10.1. The number of ether oxygens (including phenoxy) is 1. The van der Waals surface area contributed by atoms with Crippen LogP contribution in [0.4, 0.5) is 11.5 Å². The van der Waals surface area contributed by atoms with E-state index in [9.17, 15) is 5.26 Å². The molecule has 0 radical (unpaired) electrons. The molecule has 1 N–H and O–H groups in total. The molecule has 3 atom stereocenters. The van der Waals surface area contributed by atoms with Crippen LogP contribution in [0.15, 0.2) is 42.6 Å². The highest BCUT2D eigenvalue weighted by Gasteiger charge is 2.30. The first-order valence-electron chi connectivity index (χ1n) is 13.4. The molecular weight excluding hydrogens is 450 g/mol. The number of morpholine rings is 1. The quantitative estimate of drug-likeness (QED) is 0.605. The highest BCUT2D eigenvalue weighted by molar-refractivity contribution is 5.95. The number of fused-ring (bicyclic) bond motifs is 2. The van der Waals surface area contributed by atoms with Gasteiger partial charge in [0.15, 0.2) is 0 Å². The van der Waals surface area contributed by atoms with E-state index in [1.54, 1.807) is 6.07 Å². The largest absolute Gasteiger partial charge is 0.370 e. The van der Waals surface area contributed by atoms with Crippen molar-refractivity contribution in [2.24, 2.45) is 0 Å². The lowest BCUT2D eigenvalue weighted by molar-refractivity contribution is -0.0327. The van der Waals surface area contributed by atoms with E-state index in [2.05, 4.69) is 57.0 Å². The van der Waals surface area contributed by atoms with E-state index in [4.69, 9.17) is 11.1 Å². The Hall–Kier alpha value is -3.25. The van der Waals surface area contributed by atoms with Crippen LogP contribution in [-0.2, 0) is 11.3 Å². The third-order valence-electron chi connectivity index (χ3n) is 7.68. The van der Waals surface area contributed by atoms with Crippen LogP contribution in [0, 0.1) is 11.3 Å². The second kappa shape index (κ2) is 9.66. The van der Waals surface area contributed by atoms with Crippen molar-refractivity contribution < 1.29 is 6.11 Å². The van der Waals surface area contributed by atoms with Crippen LogP contribution in [0.5, 0.6) is 0 Å². The maximum Gasteiger partial charge on any atom is 0.128 e. The van der Waals surface area contributed by atoms with Crippen LogP contribution >= 0.6 is 0 Å². The summed E-state index contributed by atoms with van der Waals surface area (Å²) in [5.41, 5.74) is 4.66. The molecule has 5 heterocycles. The molecule has 1 aromatic carbocycles. The van der Waals surface area contributed by atoms with E-state index in [1.165, 1.54) is 11.3 Å². The van der Waals surface area contributed by atoms with Crippen LogP contribution in [0.3, 0.4) is 0 Å². The van der Waals surface area contributed by atoms with Crippen molar-refractivity contribution in [3.63, 3.8) is 0 Å². The van der Waals surface area contributed by atoms with Gasteiger partial charge in [-0.15, -0.1) is 0 Å². The summed E-state index contributed by atoms with van der Waals surface area (Å²) in [6.07, 6.45) is 0.366. The summed E-state index contributed by atoms with van der Waals surface area (Å²) in [6.45, 7) is 11.5. The summed E-state index contributed by atoms with van der Waals surface area (Å²) in [6, 6.07) is 14.5. The SMILES string of the molecule is [2H]c1ccc2c(N3C[C@H](CN4CCN(c5ccc6c(n5)CN[C@@H]6C)CC4)O[C@H](C)C3)ccc(C#N)c2n1. The molecule has 2 fully saturated rings. The van der Waals surface area contributed by atoms with E-state index < -0.39 is 0 Å². The third-order valence-corrected chi connectivity index (χ3v) is 7.68. The summed E-state index contributed by atoms with van der Waals surface area (Å²) in [4.78, 5) is 16.5. The minimum absolute atomic E-state index is 0.0927. The first kappa shape index (κ1) is 22.0.